The van der Waals surface area contributed by atoms with Gasteiger partial charge in [0.05, 0.1) is 34.0 Å². The van der Waals surface area contributed by atoms with Crippen LogP contribution in [0.1, 0.15) is 19.1 Å². The molecule has 0 aliphatic carbocycles. The fourth-order valence-electron chi connectivity index (χ4n) is 1.83. The van der Waals surface area contributed by atoms with E-state index < -0.39 is 0 Å². The first-order valence-electron chi connectivity index (χ1n) is 5.34. The van der Waals surface area contributed by atoms with Crippen molar-refractivity contribution in [3.8, 4) is 0 Å². The van der Waals surface area contributed by atoms with Gasteiger partial charge >= 0.3 is 0 Å². The molecule has 0 N–H and O–H groups in total. The van der Waals surface area contributed by atoms with Crippen LogP contribution in [0.25, 0.3) is 0 Å². The zero-order chi connectivity index (χ0) is 10.6. The highest BCUT2D eigenvalue weighted by Crippen LogP contribution is 2.15. The van der Waals surface area contributed by atoms with Crippen LogP contribution < -0.4 is 24.0 Å². The van der Waals surface area contributed by atoms with Crippen LogP contribution >= 0.6 is 0 Å². The molecule has 0 saturated heterocycles. The Morgan fingerprint density at radius 1 is 1.33 bits per heavy atom. The highest BCUT2D eigenvalue weighted by atomic mass is 127. The first-order chi connectivity index (χ1) is 6.51. The average molecular weight is 323 g/mol. The third-order valence-corrected chi connectivity index (χ3v) is 2.45. The number of nitrogens with zero attached hydrogens (tertiary/aromatic N) is 1. The minimum absolute atomic E-state index is 0. The normalized spacial score (nSPS) is 13.3. The Bertz CT molecular complexity index is 251. The van der Waals surface area contributed by atoms with Crippen molar-refractivity contribution in [1.82, 2.24) is 0 Å². The summed E-state index contributed by atoms with van der Waals surface area (Å²) < 4.78 is 6.40. The molecule has 0 radical (unpaired) electrons. The average Bonchev–Trinajstić information content (AvgIpc) is 2.53. The smallest absolute Gasteiger partial charge is 0.104 e. The molecule has 1 aromatic heterocycles. The molecule has 0 spiro atoms. The summed E-state index contributed by atoms with van der Waals surface area (Å²) in [6, 6.07) is 4.03. The molecule has 15 heavy (non-hydrogen) atoms. The molecular formula is C12H22INO. The van der Waals surface area contributed by atoms with Gasteiger partial charge in [-0.1, -0.05) is 6.92 Å². The summed E-state index contributed by atoms with van der Waals surface area (Å²) in [4.78, 5) is 0. The molecule has 3 heteroatoms. The van der Waals surface area contributed by atoms with E-state index in [0.29, 0.717) is 0 Å². The van der Waals surface area contributed by atoms with E-state index in [-0.39, 0.29) is 24.0 Å². The maximum Gasteiger partial charge on any atom is 0.104 e. The second kappa shape index (κ2) is 6.53. The molecule has 1 unspecified atom stereocenters. The predicted octanol–water partition coefficient (Wildman–Crippen LogP) is -0.441. The molecule has 88 valence electrons. The summed E-state index contributed by atoms with van der Waals surface area (Å²) in [5.74, 6) is 1.84. The van der Waals surface area contributed by atoms with Crippen LogP contribution in [0.3, 0.4) is 0 Å². The maximum atomic E-state index is 5.37. The lowest BCUT2D eigenvalue weighted by molar-refractivity contribution is -0.873. The first-order valence-corrected chi connectivity index (χ1v) is 5.34. The summed E-state index contributed by atoms with van der Waals surface area (Å²) in [5, 5.41) is 0. The second-order valence-electron chi connectivity index (χ2n) is 5.03. The molecule has 1 heterocycles. The largest absolute Gasteiger partial charge is 1.00 e. The van der Waals surface area contributed by atoms with Gasteiger partial charge in [-0.3, -0.25) is 0 Å². The van der Waals surface area contributed by atoms with Crippen LogP contribution in [0.15, 0.2) is 22.8 Å². The Hall–Kier alpha value is -0.0300. The van der Waals surface area contributed by atoms with Crippen LogP contribution in [0.5, 0.6) is 0 Å². The van der Waals surface area contributed by atoms with E-state index in [1.54, 1.807) is 6.26 Å². The standard InChI is InChI=1S/C12H22NO.HI/c1-5-11(10-13(2,3)4)9-12-7-6-8-14-12;/h6-8,11H,5,9-10H2,1-4H3;1H/q+1;/p-1. The zero-order valence-electron chi connectivity index (χ0n) is 10.2. The number of hydrogen-bond donors (Lipinski definition) is 0. The van der Waals surface area contributed by atoms with Crippen LogP contribution in [0, 0.1) is 5.92 Å². The predicted molar refractivity (Wildman–Crippen MR) is 59.1 cm³/mol. The van der Waals surface area contributed by atoms with Crippen molar-refractivity contribution >= 4 is 0 Å². The Labute approximate surface area is 110 Å². The van der Waals surface area contributed by atoms with Gasteiger partial charge < -0.3 is 32.9 Å². The molecule has 0 aromatic carbocycles. The Balaban J connectivity index is 0.00000196. The summed E-state index contributed by atoms with van der Waals surface area (Å²) in [6.45, 7) is 3.46. The minimum atomic E-state index is 0. The topological polar surface area (TPSA) is 13.1 Å². The molecule has 2 nitrogen and oxygen atoms in total. The molecule has 0 amide bonds. The number of halogens is 1. The van der Waals surface area contributed by atoms with Gasteiger partial charge in [0.2, 0.25) is 0 Å². The number of furan rings is 1. The molecule has 0 bridgehead atoms. The van der Waals surface area contributed by atoms with E-state index in [1.165, 1.54) is 13.0 Å². The van der Waals surface area contributed by atoms with E-state index >= 15 is 0 Å². The van der Waals surface area contributed by atoms with Crippen molar-refractivity contribution in [2.75, 3.05) is 27.7 Å². The van der Waals surface area contributed by atoms with Crippen LogP contribution in [0.4, 0.5) is 0 Å². The lowest BCUT2D eigenvalue weighted by Gasteiger charge is -2.28. The highest BCUT2D eigenvalue weighted by molar-refractivity contribution is 4.99. The van der Waals surface area contributed by atoms with Gasteiger partial charge in [-0.15, -0.1) is 0 Å². The lowest BCUT2D eigenvalue weighted by atomic mass is 10.00. The Morgan fingerprint density at radius 2 is 2.00 bits per heavy atom. The van der Waals surface area contributed by atoms with Gasteiger partial charge in [0, 0.05) is 12.3 Å². The van der Waals surface area contributed by atoms with Crippen molar-refractivity contribution in [2.45, 2.75) is 19.8 Å². The van der Waals surface area contributed by atoms with E-state index in [4.69, 9.17) is 4.42 Å². The number of rotatable bonds is 5. The molecule has 0 saturated carbocycles. The van der Waals surface area contributed by atoms with Gasteiger partial charge in [-0.25, -0.2) is 0 Å². The van der Waals surface area contributed by atoms with E-state index in [0.717, 1.165) is 22.6 Å². The monoisotopic (exact) mass is 323 g/mol. The SMILES string of the molecule is CCC(Cc1ccco1)C[N+](C)(C)C.[I-]. The van der Waals surface area contributed by atoms with Crippen LogP contribution in [0.2, 0.25) is 0 Å². The minimum Gasteiger partial charge on any atom is -1.00 e. The fourth-order valence-corrected chi connectivity index (χ4v) is 1.83. The van der Waals surface area contributed by atoms with E-state index in [9.17, 15) is 0 Å². The van der Waals surface area contributed by atoms with Crippen molar-refractivity contribution < 1.29 is 32.9 Å². The third-order valence-electron chi connectivity index (χ3n) is 2.45. The lowest BCUT2D eigenvalue weighted by Crippen LogP contribution is -3.00. The summed E-state index contributed by atoms with van der Waals surface area (Å²) in [7, 11) is 6.72. The summed E-state index contributed by atoms with van der Waals surface area (Å²) in [5.41, 5.74) is 0. The van der Waals surface area contributed by atoms with Crippen LogP contribution in [-0.4, -0.2) is 32.2 Å². The molecule has 0 fully saturated rings. The highest BCUT2D eigenvalue weighted by Gasteiger charge is 2.17. The maximum absolute atomic E-state index is 5.37. The van der Waals surface area contributed by atoms with Crippen LogP contribution in [-0.2, 0) is 6.42 Å². The molecule has 1 aromatic rings. The van der Waals surface area contributed by atoms with Crippen molar-refractivity contribution in [1.29, 1.82) is 0 Å². The van der Waals surface area contributed by atoms with Gasteiger partial charge in [0.1, 0.15) is 5.76 Å². The first kappa shape index (κ1) is 15.0. The third kappa shape index (κ3) is 6.20. The van der Waals surface area contributed by atoms with E-state index in [2.05, 4.69) is 34.1 Å². The van der Waals surface area contributed by atoms with E-state index in [1.807, 2.05) is 6.07 Å². The van der Waals surface area contributed by atoms with Crippen molar-refractivity contribution in [3.05, 3.63) is 24.2 Å². The molecule has 0 aliphatic rings. The van der Waals surface area contributed by atoms with Gasteiger partial charge in [-0.2, -0.15) is 0 Å². The van der Waals surface area contributed by atoms with Gasteiger partial charge in [0.25, 0.3) is 0 Å². The Morgan fingerprint density at radius 3 is 2.40 bits per heavy atom. The number of quaternary nitrogens is 1. The number of hydrogen-bond acceptors (Lipinski definition) is 1. The van der Waals surface area contributed by atoms with Gasteiger partial charge in [-0.05, 0) is 18.6 Å². The zero-order valence-corrected chi connectivity index (χ0v) is 12.3. The molecule has 1 atom stereocenters. The summed E-state index contributed by atoms with van der Waals surface area (Å²) in [6.07, 6.45) is 4.04. The fraction of sp³-hybridized carbons (Fsp3) is 0.667. The molecule has 1 rings (SSSR count). The second-order valence-corrected chi connectivity index (χ2v) is 5.03. The Kier molecular flexibility index (Phi) is 6.52. The van der Waals surface area contributed by atoms with Crippen molar-refractivity contribution in [2.24, 2.45) is 5.92 Å². The van der Waals surface area contributed by atoms with Gasteiger partial charge in [0.15, 0.2) is 0 Å². The molecular weight excluding hydrogens is 301 g/mol. The van der Waals surface area contributed by atoms with Crippen molar-refractivity contribution in [3.63, 3.8) is 0 Å². The molecule has 0 aliphatic heterocycles. The quantitative estimate of drug-likeness (QED) is 0.529. The summed E-state index contributed by atoms with van der Waals surface area (Å²) >= 11 is 0.